The summed E-state index contributed by atoms with van der Waals surface area (Å²) in [5, 5.41) is 0.644. The summed E-state index contributed by atoms with van der Waals surface area (Å²) in [6.45, 7) is 4.07. The molecule has 0 amide bonds. The number of fused-ring (bicyclic) bond motifs is 1. The van der Waals surface area contributed by atoms with Gasteiger partial charge in [0, 0.05) is 42.9 Å². The highest BCUT2D eigenvalue weighted by Gasteiger charge is 1.98. The van der Waals surface area contributed by atoms with Crippen LogP contribution in [-0.4, -0.2) is 4.98 Å². The summed E-state index contributed by atoms with van der Waals surface area (Å²) in [7, 11) is 0. The number of aryl methyl sites for hydroxylation is 2. The lowest BCUT2D eigenvalue weighted by Gasteiger charge is -1.91. The summed E-state index contributed by atoms with van der Waals surface area (Å²) in [6.07, 6.45) is 0. The number of aromatic nitrogens is 1. The number of thiazole rings is 1. The number of nitrogens with zero attached hydrogens (tertiary/aromatic N) is 1. The predicted molar refractivity (Wildman–Crippen MR) is 112 cm³/mol. The highest BCUT2D eigenvalue weighted by atomic mass is 128. The Morgan fingerprint density at radius 3 is 2.19 bits per heavy atom. The third kappa shape index (κ3) is 6.35. The van der Waals surface area contributed by atoms with E-state index in [1.165, 1.54) is 22.5 Å². The van der Waals surface area contributed by atoms with Gasteiger partial charge >= 0.3 is 0 Å². The average molecular weight is 525 g/mol. The van der Waals surface area contributed by atoms with Crippen LogP contribution in [0.4, 0.5) is 10.8 Å². The molecule has 0 spiro atoms. The maximum Gasteiger partial charge on any atom is 0.181 e. The smallest absolute Gasteiger partial charge is 0.181 e. The van der Waals surface area contributed by atoms with Gasteiger partial charge in [0.1, 0.15) is 0 Å². The van der Waals surface area contributed by atoms with Gasteiger partial charge in [-0.1, -0.05) is 29.5 Å². The maximum atomic E-state index is 5.55. The van der Waals surface area contributed by atoms with E-state index in [0.29, 0.717) is 5.13 Å². The number of benzene rings is 2. The van der Waals surface area contributed by atoms with Gasteiger partial charge in [0.05, 0.1) is 10.2 Å². The van der Waals surface area contributed by atoms with E-state index in [-0.39, 0.29) is 0 Å². The lowest BCUT2D eigenvalue weighted by molar-refractivity contribution is 1.45. The Labute approximate surface area is 152 Å². The van der Waals surface area contributed by atoms with Crippen LogP contribution in [0.1, 0.15) is 11.1 Å². The van der Waals surface area contributed by atoms with Crippen LogP contribution in [0.5, 0.6) is 0 Å². The first kappa shape index (κ1) is 18.4. The molecule has 6 heteroatoms. The highest BCUT2D eigenvalue weighted by Crippen LogP contribution is 2.23. The van der Waals surface area contributed by atoms with Gasteiger partial charge in [-0.2, -0.15) is 0 Å². The molecule has 0 fully saturated rings. The minimum atomic E-state index is 0.644. The normalized spacial score (nSPS) is 9.33. The van der Waals surface area contributed by atoms with Gasteiger partial charge < -0.3 is 11.5 Å². The molecule has 1 aromatic heterocycles. The van der Waals surface area contributed by atoms with Crippen molar-refractivity contribution in [1.82, 2.24) is 4.98 Å². The van der Waals surface area contributed by atoms with E-state index in [1.807, 2.05) is 37.3 Å². The van der Waals surface area contributed by atoms with Gasteiger partial charge in [-0.3, -0.25) is 0 Å². The fourth-order valence-corrected chi connectivity index (χ4v) is 2.44. The Balaban J connectivity index is 0.000000196. The van der Waals surface area contributed by atoms with Gasteiger partial charge in [-0.15, -0.1) is 0 Å². The minimum Gasteiger partial charge on any atom is -0.399 e. The lowest BCUT2D eigenvalue weighted by Crippen LogP contribution is -1.82. The summed E-state index contributed by atoms with van der Waals surface area (Å²) in [5.41, 5.74) is 15.3. The SMILES string of the molecule is Cc1ccc2sc(N)nc2c1.Cc1cccc(N)c1.II. The molecular weight excluding hydrogens is 508 g/mol. The van der Waals surface area contributed by atoms with Gasteiger partial charge in [0.2, 0.25) is 0 Å². The Bertz CT molecular complexity index is 681. The number of halogens is 2. The van der Waals surface area contributed by atoms with Gasteiger partial charge in [0.25, 0.3) is 0 Å². The first-order valence-electron chi connectivity index (χ1n) is 6.14. The lowest BCUT2D eigenvalue weighted by atomic mass is 10.2. The zero-order valence-electron chi connectivity index (χ0n) is 11.8. The monoisotopic (exact) mass is 525 g/mol. The molecule has 0 unspecified atom stereocenters. The molecule has 3 aromatic rings. The van der Waals surface area contributed by atoms with Crippen LogP contribution in [0.25, 0.3) is 10.2 Å². The first-order valence-corrected chi connectivity index (χ1v) is 13.2. The van der Waals surface area contributed by atoms with E-state index >= 15 is 0 Å². The topological polar surface area (TPSA) is 64.9 Å². The van der Waals surface area contributed by atoms with Crippen molar-refractivity contribution in [3.8, 4) is 0 Å². The van der Waals surface area contributed by atoms with Crippen LogP contribution >= 0.6 is 48.6 Å². The summed E-state index contributed by atoms with van der Waals surface area (Å²) in [6, 6.07) is 14.0. The largest absolute Gasteiger partial charge is 0.399 e. The first-order chi connectivity index (χ1) is 10.0. The second-order valence-electron chi connectivity index (χ2n) is 4.44. The molecular formula is C15H17I2N3S. The number of anilines is 2. The van der Waals surface area contributed by atoms with Crippen molar-refractivity contribution in [1.29, 1.82) is 0 Å². The Morgan fingerprint density at radius 1 is 0.952 bits per heavy atom. The average Bonchev–Trinajstić information content (AvgIpc) is 2.81. The van der Waals surface area contributed by atoms with E-state index in [0.717, 1.165) is 15.9 Å². The third-order valence-electron chi connectivity index (χ3n) is 2.60. The van der Waals surface area contributed by atoms with Crippen LogP contribution in [0, 0.1) is 13.8 Å². The minimum absolute atomic E-state index is 0.644. The van der Waals surface area contributed by atoms with E-state index in [2.05, 4.69) is 61.3 Å². The maximum absolute atomic E-state index is 5.55. The summed E-state index contributed by atoms with van der Waals surface area (Å²) in [5.74, 6) is 0. The zero-order chi connectivity index (χ0) is 15.8. The highest BCUT2D eigenvalue weighted by molar-refractivity contribution is 15.0. The van der Waals surface area contributed by atoms with Crippen LogP contribution < -0.4 is 11.5 Å². The van der Waals surface area contributed by atoms with Gasteiger partial charge in [-0.05, 0) is 49.2 Å². The van der Waals surface area contributed by atoms with Crippen LogP contribution in [-0.2, 0) is 0 Å². The number of nitrogens with two attached hydrogens (primary N) is 2. The van der Waals surface area contributed by atoms with Crippen molar-refractivity contribution >= 4 is 69.6 Å². The summed E-state index contributed by atoms with van der Waals surface area (Å²) >= 11 is 5.77. The molecule has 2 aromatic carbocycles. The predicted octanol–water partition coefficient (Wildman–Crippen LogP) is 5.54. The quantitative estimate of drug-likeness (QED) is 0.300. The standard InChI is InChI=1S/C8H8N2S.C7H9N.I2/c1-5-2-3-7-6(4-5)10-8(9)11-7;1-6-3-2-4-7(8)5-6;1-2/h2-4H,1H3,(H2,9,10);2-5H,8H2,1H3;. The van der Waals surface area contributed by atoms with Gasteiger partial charge in [0.15, 0.2) is 5.13 Å². The molecule has 0 radical (unpaired) electrons. The van der Waals surface area contributed by atoms with Crippen molar-refractivity contribution in [3.63, 3.8) is 0 Å². The second kappa shape index (κ2) is 9.42. The number of hydrogen-bond acceptors (Lipinski definition) is 4. The van der Waals surface area contributed by atoms with Crippen LogP contribution in [0.3, 0.4) is 0 Å². The second-order valence-corrected chi connectivity index (χ2v) is 5.50. The molecule has 1 heterocycles. The fourth-order valence-electron chi connectivity index (χ4n) is 1.73. The number of hydrogen-bond donors (Lipinski definition) is 2. The molecule has 0 saturated carbocycles. The zero-order valence-corrected chi connectivity index (χ0v) is 16.9. The Hall–Kier alpha value is -0.610. The van der Waals surface area contributed by atoms with E-state index in [9.17, 15) is 0 Å². The van der Waals surface area contributed by atoms with Crippen LogP contribution in [0.2, 0.25) is 0 Å². The molecule has 112 valence electrons. The third-order valence-corrected chi connectivity index (χ3v) is 3.47. The van der Waals surface area contributed by atoms with Crippen molar-refractivity contribution in [2.24, 2.45) is 0 Å². The molecule has 4 N–H and O–H groups in total. The molecule has 0 aliphatic carbocycles. The van der Waals surface area contributed by atoms with Crippen molar-refractivity contribution < 1.29 is 0 Å². The van der Waals surface area contributed by atoms with Crippen molar-refractivity contribution in [3.05, 3.63) is 53.6 Å². The van der Waals surface area contributed by atoms with Gasteiger partial charge in [-0.25, -0.2) is 4.98 Å². The molecule has 3 rings (SSSR count). The molecule has 0 aliphatic rings. The van der Waals surface area contributed by atoms with Crippen molar-refractivity contribution in [2.45, 2.75) is 13.8 Å². The molecule has 21 heavy (non-hydrogen) atoms. The Morgan fingerprint density at radius 2 is 1.62 bits per heavy atom. The molecule has 0 bridgehead atoms. The van der Waals surface area contributed by atoms with Crippen molar-refractivity contribution in [2.75, 3.05) is 11.5 Å². The summed E-state index contributed by atoms with van der Waals surface area (Å²) < 4.78 is 1.16. The number of rotatable bonds is 0. The van der Waals surface area contributed by atoms with E-state index < -0.39 is 0 Å². The molecule has 0 atom stereocenters. The van der Waals surface area contributed by atoms with E-state index in [4.69, 9.17) is 11.5 Å². The number of nitrogen functional groups attached to an aromatic ring is 2. The molecule has 0 aliphatic heterocycles. The van der Waals surface area contributed by atoms with E-state index in [1.54, 1.807) is 0 Å². The van der Waals surface area contributed by atoms with Crippen LogP contribution in [0.15, 0.2) is 42.5 Å². The molecule has 0 saturated heterocycles. The Kier molecular flexibility index (Phi) is 8.27. The molecule has 3 nitrogen and oxygen atoms in total. The fraction of sp³-hybridized carbons (Fsp3) is 0.133. The summed E-state index contributed by atoms with van der Waals surface area (Å²) in [4.78, 5) is 4.17.